The van der Waals surface area contributed by atoms with E-state index in [0.717, 1.165) is 10.0 Å². The van der Waals surface area contributed by atoms with Gasteiger partial charge < -0.3 is 4.42 Å². The van der Waals surface area contributed by atoms with Crippen molar-refractivity contribution in [3.63, 3.8) is 0 Å². The van der Waals surface area contributed by atoms with Crippen molar-refractivity contribution < 1.29 is 4.42 Å². The maximum Gasteiger partial charge on any atom is 0.347 e. The van der Waals surface area contributed by atoms with Crippen molar-refractivity contribution in [2.24, 2.45) is 0 Å². The van der Waals surface area contributed by atoms with Gasteiger partial charge in [-0.25, -0.2) is 19.4 Å². The number of rotatable bonds is 2. The van der Waals surface area contributed by atoms with Gasteiger partial charge in [0.05, 0.1) is 15.9 Å². The van der Waals surface area contributed by atoms with Crippen LogP contribution in [0.4, 0.5) is 0 Å². The number of hydrogen-bond donors (Lipinski definition) is 0. The molecule has 6 nitrogen and oxygen atoms in total. The Morgan fingerprint density at radius 3 is 2.88 bits per heavy atom. The van der Waals surface area contributed by atoms with E-state index < -0.39 is 5.63 Å². The second-order valence-electron chi connectivity index (χ2n) is 5.50. The number of aryl methyl sites for hydroxylation is 1. The Kier molecular flexibility index (Phi) is 4.57. The lowest BCUT2D eigenvalue weighted by atomic mass is 10.1. The molecule has 0 aliphatic rings. The second-order valence-corrected chi connectivity index (χ2v) is 7.93. The molecule has 0 aliphatic carbocycles. The van der Waals surface area contributed by atoms with Crippen LogP contribution >= 0.6 is 50.1 Å². The highest BCUT2D eigenvalue weighted by atomic mass is 127. The van der Waals surface area contributed by atoms with Crippen LogP contribution in [0.2, 0.25) is 5.02 Å². The van der Waals surface area contributed by atoms with Crippen molar-refractivity contribution in [1.29, 1.82) is 0 Å². The summed E-state index contributed by atoms with van der Waals surface area (Å²) in [7, 11) is 0. The highest BCUT2D eigenvalue weighted by Crippen LogP contribution is 2.28. The zero-order chi connectivity index (χ0) is 18.4. The average molecular weight is 544 g/mol. The molecule has 0 amide bonds. The van der Waals surface area contributed by atoms with E-state index >= 15 is 0 Å². The number of nitrogens with zero attached hydrogens (tertiary/aromatic N) is 4. The molecular formula is C17H9BrClIN4O2. The molecule has 0 aliphatic heterocycles. The van der Waals surface area contributed by atoms with Crippen LogP contribution in [-0.4, -0.2) is 19.7 Å². The van der Waals surface area contributed by atoms with Crippen LogP contribution in [0.25, 0.3) is 28.3 Å². The first-order chi connectivity index (χ1) is 12.4. The molecule has 130 valence electrons. The highest BCUT2D eigenvalue weighted by molar-refractivity contribution is 14.1. The number of fused-ring (bicyclic) bond motifs is 1. The van der Waals surface area contributed by atoms with Gasteiger partial charge in [-0.3, -0.25) is 0 Å². The van der Waals surface area contributed by atoms with Crippen LogP contribution in [-0.2, 0) is 0 Å². The van der Waals surface area contributed by atoms with E-state index in [9.17, 15) is 4.79 Å². The van der Waals surface area contributed by atoms with Gasteiger partial charge in [0, 0.05) is 16.7 Å². The molecule has 0 spiro atoms. The maximum absolute atomic E-state index is 12.5. The SMILES string of the molecule is Cc1cc(Br)cc2c(=O)oc(-c3cc(I)nn3-c3ncccc3Cl)nc12. The molecule has 9 heteroatoms. The Morgan fingerprint density at radius 2 is 2.12 bits per heavy atom. The average Bonchev–Trinajstić information content (AvgIpc) is 2.97. The van der Waals surface area contributed by atoms with Crippen molar-refractivity contribution in [3.05, 3.63) is 65.7 Å². The van der Waals surface area contributed by atoms with Crippen molar-refractivity contribution >= 4 is 61.0 Å². The number of hydrogen-bond acceptors (Lipinski definition) is 5. The quantitative estimate of drug-likeness (QED) is 0.341. The molecule has 0 N–H and O–H groups in total. The third kappa shape index (κ3) is 3.06. The molecule has 3 heterocycles. The van der Waals surface area contributed by atoms with E-state index in [4.69, 9.17) is 16.0 Å². The van der Waals surface area contributed by atoms with Gasteiger partial charge in [0.2, 0.25) is 5.89 Å². The first-order valence-corrected chi connectivity index (χ1v) is 9.67. The molecular weight excluding hydrogens is 534 g/mol. The van der Waals surface area contributed by atoms with Gasteiger partial charge in [0.15, 0.2) is 5.82 Å². The molecule has 0 bridgehead atoms. The minimum Gasteiger partial charge on any atom is -0.401 e. The highest BCUT2D eigenvalue weighted by Gasteiger charge is 2.19. The van der Waals surface area contributed by atoms with E-state index in [0.29, 0.717) is 31.1 Å². The van der Waals surface area contributed by atoms with E-state index in [1.807, 2.05) is 13.0 Å². The Morgan fingerprint density at radius 1 is 1.31 bits per heavy atom. The summed E-state index contributed by atoms with van der Waals surface area (Å²) in [4.78, 5) is 21.3. The van der Waals surface area contributed by atoms with Crippen molar-refractivity contribution in [2.75, 3.05) is 0 Å². The molecule has 0 atom stereocenters. The molecule has 1 aromatic carbocycles. The summed E-state index contributed by atoms with van der Waals surface area (Å²) in [6, 6.07) is 8.80. The fourth-order valence-corrected chi connectivity index (χ4v) is 3.90. The smallest absolute Gasteiger partial charge is 0.347 e. The summed E-state index contributed by atoms with van der Waals surface area (Å²) in [5.41, 5.74) is 1.47. The lowest BCUT2D eigenvalue weighted by molar-refractivity contribution is 0.513. The van der Waals surface area contributed by atoms with Gasteiger partial charge in [-0.2, -0.15) is 5.10 Å². The zero-order valence-corrected chi connectivity index (χ0v) is 17.7. The van der Waals surface area contributed by atoms with Crippen LogP contribution in [0, 0.1) is 10.6 Å². The summed E-state index contributed by atoms with van der Waals surface area (Å²) in [5.74, 6) is 0.592. The number of aromatic nitrogens is 4. The minimum absolute atomic E-state index is 0.157. The van der Waals surface area contributed by atoms with Crippen LogP contribution in [0.1, 0.15) is 5.56 Å². The predicted molar refractivity (Wildman–Crippen MR) is 111 cm³/mol. The summed E-state index contributed by atoms with van der Waals surface area (Å²) in [6.07, 6.45) is 1.62. The third-order valence-corrected chi connectivity index (χ3v) is 5.01. The van der Waals surface area contributed by atoms with E-state index in [2.05, 4.69) is 53.6 Å². The van der Waals surface area contributed by atoms with Gasteiger partial charge in [-0.05, 0) is 59.3 Å². The fraction of sp³-hybridized carbons (Fsp3) is 0.0588. The molecule has 0 saturated heterocycles. The van der Waals surface area contributed by atoms with Gasteiger partial charge in [-0.15, -0.1) is 0 Å². The van der Waals surface area contributed by atoms with Gasteiger partial charge in [0.1, 0.15) is 9.39 Å². The van der Waals surface area contributed by atoms with E-state index in [-0.39, 0.29) is 5.89 Å². The molecule has 0 radical (unpaired) electrons. The van der Waals surface area contributed by atoms with E-state index in [1.54, 1.807) is 30.5 Å². The van der Waals surface area contributed by atoms with Crippen LogP contribution in [0.15, 0.2) is 50.2 Å². The predicted octanol–water partition coefficient (Wildman–Crippen LogP) is 4.76. The van der Waals surface area contributed by atoms with E-state index in [1.165, 1.54) is 4.68 Å². The third-order valence-electron chi connectivity index (χ3n) is 3.73. The normalized spacial score (nSPS) is 11.2. The number of benzene rings is 1. The maximum atomic E-state index is 12.5. The Hall–Kier alpha value is -1.78. The largest absolute Gasteiger partial charge is 0.401 e. The van der Waals surface area contributed by atoms with Crippen LogP contribution in [0.3, 0.4) is 0 Å². The molecule has 0 unspecified atom stereocenters. The summed E-state index contributed by atoms with van der Waals surface area (Å²) < 4.78 is 8.49. The second kappa shape index (κ2) is 6.75. The first kappa shape index (κ1) is 17.6. The molecule has 4 aromatic rings. The van der Waals surface area contributed by atoms with Crippen LogP contribution < -0.4 is 5.63 Å². The topological polar surface area (TPSA) is 73.8 Å². The Bertz CT molecular complexity index is 1220. The molecule has 0 saturated carbocycles. The lowest BCUT2D eigenvalue weighted by Gasteiger charge is -2.08. The standard InChI is InChI=1S/C17H9BrClIN4O2/c1-8-5-9(18)6-10-14(8)22-16(26-17(10)25)12-7-13(20)23-24(12)15-11(19)3-2-4-21-15/h2-7H,1H3. The van der Waals surface area contributed by atoms with Crippen molar-refractivity contribution in [1.82, 2.24) is 19.7 Å². The Labute approximate surface area is 174 Å². The fourth-order valence-electron chi connectivity index (χ4n) is 2.62. The summed E-state index contributed by atoms with van der Waals surface area (Å²) in [5, 5.41) is 5.25. The van der Waals surface area contributed by atoms with Gasteiger partial charge in [0.25, 0.3) is 0 Å². The summed E-state index contributed by atoms with van der Waals surface area (Å²) in [6.45, 7) is 1.89. The molecule has 3 aromatic heterocycles. The van der Waals surface area contributed by atoms with Crippen molar-refractivity contribution in [3.8, 4) is 17.4 Å². The minimum atomic E-state index is -0.468. The monoisotopic (exact) mass is 542 g/mol. The molecule has 0 fully saturated rings. The molecule has 26 heavy (non-hydrogen) atoms. The first-order valence-electron chi connectivity index (χ1n) is 7.42. The van der Waals surface area contributed by atoms with Gasteiger partial charge in [-0.1, -0.05) is 27.5 Å². The lowest BCUT2D eigenvalue weighted by Crippen LogP contribution is -2.08. The van der Waals surface area contributed by atoms with Gasteiger partial charge >= 0.3 is 5.63 Å². The zero-order valence-electron chi connectivity index (χ0n) is 13.2. The summed E-state index contributed by atoms with van der Waals surface area (Å²) >= 11 is 11.7. The number of halogens is 3. The number of pyridine rings is 1. The Balaban J connectivity index is 2.01. The molecule has 4 rings (SSSR count). The van der Waals surface area contributed by atoms with Crippen molar-refractivity contribution in [2.45, 2.75) is 6.92 Å². The van der Waals surface area contributed by atoms with Crippen LogP contribution in [0.5, 0.6) is 0 Å².